The van der Waals surface area contributed by atoms with E-state index < -0.39 is 0 Å². The fraction of sp³-hybridized carbons (Fsp3) is 0.478. The quantitative estimate of drug-likeness (QED) is 0.631. The lowest BCUT2D eigenvalue weighted by molar-refractivity contribution is 0.333. The maximum atomic E-state index is 6.10. The molecular formula is C23H28ClN. The largest absolute Gasteiger partial charge is 0.313 e. The predicted octanol–water partition coefficient (Wildman–Crippen LogP) is 6.42. The lowest BCUT2D eigenvalue weighted by Crippen LogP contribution is -2.22. The first kappa shape index (κ1) is 17.1. The van der Waals surface area contributed by atoms with Crippen molar-refractivity contribution in [2.45, 2.75) is 56.9 Å². The Hall–Kier alpha value is -1.31. The summed E-state index contributed by atoms with van der Waals surface area (Å²) in [6, 6.07) is 17.8. The van der Waals surface area contributed by atoms with Crippen molar-refractivity contribution in [1.29, 1.82) is 0 Å². The van der Waals surface area contributed by atoms with E-state index in [9.17, 15) is 0 Å². The summed E-state index contributed by atoms with van der Waals surface area (Å²) < 4.78 is 0. The summed E-state index contributed by atoms with van der Waals surface area (Å²) in [5.74, 6) is 1.69. The van der Waals surface area contributed by atoms with Gasteiger partial charge in [-0.15, -0.1) is 0 Å². The third-order valence-corrected chi connectivity index (χ3v) is 6.21. The van der Waals surface area contributed by atoms with Crippen molar-refractivity contribution in [2.24, 2.45) is 5.92 Å². The molecule has 0 spiro atoms. The topological polar surface area (TPSA) is 12.0 Å². The van der Waals surface area contributed by atoms with Crippen LogP contribution in [0.1, 0.15) is 56.4 Å². The Morgan fingerprint density at radius 2 is 1.72 bits per heavy atom. The summed E-state index contributed by atoms with van der Waals surface area (Å²) in [6.07, 6.45) is 9.95. The van der Waals surface area contributed by atoms with Gasteiger partial charge in [0, 0.05) is 17.0 Å². The molecule has 1 nitrogen and oxygen atoms in total. The molecule has 0 heterocycles. The zero-order valence-electron chi connectivity index (χ0n) is 14.9. The van der Waals surface area contributed by atoms with Gasteiger partial charge in [-0.3, -0.25) is 0 Å². The van der Waals surface area contributed by atoms with Gasteiger partial charge >= 0.3 is 0 Å². The molecule has 0 bridgehead atoms. The number of halogens is 1. The lowest BCUT2D eigenvalue weighted by Gasteiger charge is -2.21. The molecule has 0 saturated heterocycles. The molecule has 2 aliphatic rings. The molecule has 2 saturated carbocycles. The average molecular weight is 354 g/mol. The first-order valence-corrected chi connectivity index (χ1v) is 10.3. The third kappa shape index (κ3) is 4.46. The molecule has 132 valence electrons. The van der Waals surface area contributed by atoms with Crippen molar-refractivity contribution in [3.8, 4) is 11.1 Å². The zero-order valence-corrected chi connectivity index (χ0v) is 15.6. The van der Waals surface area contributed by atoms with Crippen LogP contribution in [0.4, 0.5) is 0 Å². The molecule has 2 fully saturated rings. The molecule has 2 aromatic carbocycles. The molecule has 0 aliphatic heterocycles. The van der Waals surface area contributed by atoms with E-state index in [1.54, 1.807) is 0 Å². The molecular weight excluding hydrogens is 326 g/mol. The van der Waals surface area contributed by atoms with Gasteiger partial charge in [0.15, 0.2) is 0 Å². The second-order valence-corrected chi connectivity index (χ2v) is 8.26. The highest BCUT2D eigenvalue weighted by Gasteiger charge is 2.37. The van der Waals surface area contributed by atoms with E-state index in [2.05, 4.69) is 35.6 Å². The molecule has 2 aliphatic carbocycles. The van der Waals surface area contributed by atoms with Gasteiger partial charge in [-0.2, -0.15) is 0 Å². The minimum absolute atomic E-state index is 0.695. The summed E-state index contributed by atoms with van der Waals surface area (Å²) in [6.45, 7) is 1.20. The molecule has 2 heteroatoms. The average Bonchev–Trinajstić information content (AvgIpc) is 3.42. The van der Waals surface area contributed by atoms with Crippen molar-refractivity contribution >= 4 is 11.6 Å². The Balaban J connectivity index is 1.27. The highest BCUT2D eigenvalue weighted by Crippen LogP contribution is 2.41. The Labute approximate surface area is 156 Å². The van der Waals surface area contributed by atoms with Crippen molar-refractivity contribution in [2.75, 3.05) is 6.54 Å². The standard InChI is InChI=1S/C23H28ClN/c24-21-8-4-7-20(15-21)18-9-11-19(12-10-18)22-16-23(22)25-14-13-17-5-2-1-3-6-17/h4,7-12,15,17,22-23,25H,1-3,5-6,13-14,16H2. The van der Waals surface area contributed by atoms with Gasteiger partial charge < -0.3 is 5.32 Å². The Morgan fingerprint density at radius 1 is 0.920 bits per heavy atom. The summed E-state index contributed by atoms with van der Waals surface area (Å²) in [5.41, 5.74) is 3.91. The van der Waals surface area contributed by atoms with Crippen LogP contribution in [0.25, 0.3) is 11.1 Å². The van der Waals surface area contributed by atoms with Gasteiger partial charge in [0.25, 0.3) is 0 Å². The Kier molecular flexibility index (Phi) is 5.43. The van der Waals surface area contributed by atoms with E-state index in [4.69, 9.17) is 11.6 Å². The Bertz CT molecular complexity index is 687. The fourth-order valence-corrected chi connectivity index (χ4v) is 4.52. The molecule has 4 rings (SSSR count). The van der Waals surface area contributed by atoms with Crippen LogP contribution in [0.15, 0.2) is 48.5 Å². The maximum Gasteiger partial charge on any atom is 0.0412 e. The number of nitrogens with one attached hydrogen (secondary N) is 1. The first-order chi connectivity index (χ1) is 12.3. The monoisotopic (exact) mass is 353 g/mol. The maximum absolute atomic E-state index is 6.10. The van der Waals surface area contributed by atoms with Crippen LogP contribution < -0.4 is 5.32 Å². The smallest absolute Gasteiger partial charge is 0.0412 e. The van der Waals surface area contributed by atoms with Crippen molar-refractivity contribution in [1.82, 2.24) is 5.32 Å². The van der Waals surface area contributed by atoms with Crippen LogP contribution >= 0.6 is 11.6 Å². The summed E-state index contributed by atoms with van der Waals surface area (Å²) in [4.78, 5) is 0. The van der Waals surface area contributed by atoms with Gasteiger partial charge in [0.1, 0.15) is 0 Å². The van der Waals surface area contributed by atoms with E-state index >= 15 is 0 Å². The highest BCUT2D eigenvalue weighted by molar-refractivity contribution is 6.30. The minimum Gasteiger partial charge on any atom is -0.313 e. The van der Waals surface area contributed by atoms with Crippen LogP contribution in [0.3, 0.4) is 0 Å². The van der Waals surface area contributed by atoms with E-state index in [1.165, 1.54) is 68.2 Å². The van der Waals surface area contributed by atoms with Gasteiger partial charge in [-0.05, 0) is 54.1 Å². The molecule has 0 radical (unpaired) electrons. The number of hydrogen-bond donors (Lipinski definition) is 1. The van der Waals surface area contributed by atoms with Gasteiger partial charge in [0.05, 0.1) is 0 Å². The van der Waals surface area contributed by atoms with Crippen LogP contribution in [0.2, 0.25) is 5.02 Å². The normalized spacial score (nSPS) is 23.6. The van der Waals surface area contributed by atoms with Gasteiger partial charge in [-0.25, -0.2) is 0 Å². The van der Waals surface area contributed by atoms with Crippen LogP contribution in [0, 0.1) is 5.92 Å². The minimum atomic E-state index is 0.695. The van der Waals surface area contributed by atoms with Crippen LogP contribution in [0.5, 0.6) is 0 Å². The van der Waals surface area contributed by atoms with E-state index in [0.29, 0.717) is 12.0 Å². The van der Waals surface area contributed by atoms with E-state index in [-0.39, 0.29) is 0 Å². The lowest BCUT2D eigenvalue weighted by atomic mass is 9.87. The van der Waals surface area contributed by atoms with Crippen molar-refractivity contribution < 1.29 is 0 Å². The van der Waals surface area contributed by atoms with Crippen LogP contribution in [-0.4, -0.2) is 12.6 Å². The molecule has 1 N–H and O–H groups in total. The van der Waals surface area contributed by atoms with Gasteiger partial charge in [-0.1, -0.05) is 80.1 Å². The predicted molar refractivity (Wildman–Crippen MR) is 107 cm³/mol. The fourth-order valence-electron chi connectivity index (χ4n) is 4.33. The number of benzene rings is 2. The molecule has 2 unspecified atom stereocenters. The summed E-state index contributed by atoms with van der Waals surface area (Å²) in [7, 11) is 0. The SMILES string of the molecule is Clc1cccc(-c2ccc(C3CC3NCCC3CCCCC3)cc2)c1. The van der Waals surface area contributed by atoms with E-state index in [0.717, 1.165) is 10.9 Å². The number of hydrogen-bond acceptors (Lipinski definition) is 1. The van der Waals surface area contributed by atoms with Crippen LogP contribution in [-0.2, 0) is 0 Å². The molecule has 25 heavy (non-hydrogen) atoms. The van der Waals surface area contributed by atoms with Crippen molar-refractivity contribution in [3.63, 3.8) is 0 Å². The molecule has 0 amide bonds. The third-order valence-electron chi connectivity index (χ3n) is 5.97. The highest BCUT2D eigenvalue weighted by atomic mass is 35.5. The Morgan fingerprint density at radius 3 is 2.48 bits per heavy atom. The van der Waals surface area contributed by atoms with E-state index in [1.807, 2.05) is 18.2 Å². The summed E-state index contributed by atoms with van der Waals surface area (Å²) >= 11 is 6.10. The first-order valence-electron chi connectivity index (χ1n) is 9.89. The second-order valence-electron chi connectivity index (χ2n) is 7.83. The van der Waals surface area contributed by atoms with Crippen molar-refractivity contribution in [3.05, 3.63) is 59.1 Å². The molecule has 2 atom stereocenters. The summed E-state index contributed by atoms with van der Waals surface area (Å²) in [5, 5.41) is 4.59. The molecule has 2 aromatic rings. The zero-order chi connectivity index (χ0) is 17.1. The van der Waals surface area contributed by atoms with Gasteiger partial charge in [0.2, 0.25) is 0 Å². The molecule has 0 aromatic heterocycles. The second kappa shape index (κ2) is 7.93. The number of rotatable bonds is 6.